The molecular weight excluding hydrogens is 226 g/mol. The van der Waals surface area contributed by atoms with Gasteiger partial charge in [-0.2, -0.15) is 11.8 Å². The Morgan fingerprint density at radius 2 is 2.15 bits per heavy atom. The molecule has 0 radical (unpaired) electrons. The predicted octanol–water partition coefficient (Wildman–Crippen LogP) is 1.74. The molecule has 0 N–H and O–H groups in total. The Labute approximate surface area is 90.6 Å². The minimum atomic E-state index is 0.734. The number of thioether (sulfide) groups is 1. The van der Waals surface area contributed by atoms with Crippen molar-refractivity contribution in [1.29, 1.82) is 0 Å². The van der Waals surface area contributed by atoms with Crippen molar-refractivity contribution in [2.75, 3.05) is 24.6 Å². The highest BCUT2D eigenvalue weighted by atomic mass is 35.5. The summed E-state index contributed by atoms with van der Waals surface area (Å²) in [7, 11) is 0. The number of halogens is 1. The quantitative estimate of drug-likeness (QED) is 0.781. The zero-order valence-electron chi connectivity index (χ0n) is 7.07. The standard InChI is InChI=1S/C7H10ClN3S2/c8-7-6(9-10-13-7)5-11-1-3-12-4-2-11/h1-5H2. The van der Waals surface area contributed by atoms with Gasteiger partial charge < -0.3 is 0 Å². The summed E-state index contributed by atoms with van der Waals surface area (Å²) in [5.41, 5.74) is 0.929. The zero-order chi connectivity index (χ0) is 9.10. The van der Waals surface area contributed by atoms with Crippen LogP contribution in [0.2, 0.25) is 4.34 Å². The van der Waals surface area contributed by atoms with Crippen molar-refractivity contribution in [3.8, 4) is 0 Å². The van der Waals surface area contributed by atoms with Gasteiger partial charge in [-0.25, -0.2) is 0 Å². The second-order valence-corrected chi connectivity index (χ2v) is 5.46. The van der Waals surface area contributed by atoms with E-state index in [-0.39, 0.29) is 0 Å². The van der Waals surface area contributed by atoms with Crippen LogP contribution >= 0.6 is 34.9 Å². The first-order valence-electron chi connectivity index (χ1n) is 4.13. The van der Waals surface area contributed by atoms with Crippen LogP contribution in [0.5, 0.6) is 0 Å². The summed E-state index contributed by atoms with van der Waals surface area (Å²) < 4.78 is 4.55. The molecule has 2 heterocycles. The van der Waals surface area contributed by atoms with E-state index in [0.717, 1.165) is 29.7 Å². The highest BCUT2D eigenvalue weighted by molar-refractivity contribution is 7.99. The Kier molecular flexibility index (Phi) is 3.43. The van der Waals surface area contributed by atoms with Crippen molar-refractivity contribution in [3.05, 3.63) is 10.0 Å². The van der Waals surface area contributed by atoms with E-state index in [2.05, 4.69) is 14.5 Å². The third kappa shape index (κ3) is 2.56. The molecule has 13 heavy (non-hydrogen) atoms. The van der Waals surface area contributed by atoms with Crippen LogP contribution in [0.1, 0.15) is 5.69 Å². The summed E-state index contributed by atoms with van der Waals surface area (Å²) >= 11 is 9.19. The van der Waals surface area contributed by atoms with Crippen LogP contribution in [0.25, 0.3) is 0 Å². The largest absolute Gasteiger partial charge is 0.296 e. The zero-order valence-corrected chi connectivity index (χ0v) is 9.46. The predicted molar refractivity (Wildman–Crippen MR) is 57.5 cm³/mol. The van der Waals surface area contributed by atoms with Crippen LogP contribution in [-0.4, -0.2) is 39.1 Å². The average molecular weight is 236 g/mol. The average Bonchev–Trinajstić information content (AvgIpc) is 2.54. The van der Waals surface area contributed by atoms with Gasteiger partial charge in [-0.3, -0.25) is 4.90 Å². The van der Waals surface area contributed by atoms with Crippen LogP contribution in [-0.2, 0) is 6.54 Å². The normalized spacial score (nSPS) is 19.2. The van der Waals surface area contributed by atoms with Crippen LogP contribution in [0.3, 0.4) is 0 Å². The van der Waals surface area contributed by atoms with E-state index in [0.29, 0.717) is 0 Å². The third-order valence-corrected chi connectivity index (χ3v) is 3.91. The lowest BCUT2D eigenvalue weighted by atomic mass is 10.4. The lowest BCUT2D eigenvalue weighted by Crippen LogP contribution is -2.32. The first-order chi connectivity index (χ1) is 6.36. The Morgan fingerprint density at radius 1 is 1.38 bits per heavy atom. The molecule has 0 spiro atoms. The monoisotopic (exact) mass is 235 g/mol. The Bertz CT molecular complexity index is 272. The fourth-order valence-electron chi connectivity index (χ4n) is 1.26. The number of rotatable bonds is 2. The summed E-state index contributed by atoms with van der Waals surface area (Å²) in [5.74, 6) is 2.43. The minimum absolute atomic E-state index is 0.734. The summed E-state index contributed by atoms with van der Waals surface area (Å²) in [6.45, 7) is 3.13. The molecule has 0 aromatic carbocycles. The Morgan fingerprint density at radius 3 is 2.77 bits per heavy atom. The minimum Gasteiger partial charge on any atom is -0.296 e. The lowest BCUT2D eigenvalue weighted by Gasteiger charge is -2.24. The Balaban J connectivity index is 1.93. The highest BCUT2D eigenvalue weighted by Gasteiger charge is 2.14. The Hall–Kier alpha value is 0.160. The van der Waals surface area contributed by atoms with Crippen LogP contribution in [0.15, 0.2) is 0 Å². The van der Waals surface area contributed by atoms with E-state index in [9.17, 15) is 0 Å². The van der Waals surface area contributed by atoms with E-state index in [1.807, 2.05) is 11.8 Å². The number of aromatic nitrogens is 2. The molecule has 1 saturated heterocycles. The van der Waals surface area contributed by atoms with Crippen molar-refractivity contribution in [2.24, 2.45) is 0 Å². The second kappa shape index (κ2) is 4.59. The molecule has 3 nitrogen and oxygen atoms in total. The summed E-state index contributed by atoms with van der Waals surface area (Å²) in [5, 5.41) is 4.00. The van der Waals surface area contributed by atoms with Gasteiger partial charge in [0.2, 0.25) is 0 Å². The summed E-state index contributed by atoms with van der Waals surface area (Å²) in [6.07, 6.45) is 0. The van der Waals surface area contributed by atoms with Crippen LogP contribution in [0, 0.1) is 0 Å². The van der Waals surface area contributed by atoms with E-state index in [4.69, 9.17) is 11.6 Å². The van der Waals surface area contributed by atoms with Gasteiger partial charge in [-0.05, 0) is 0 Å². The van der Waals surface area contributed by atoms with E-state index in [1.54, 1.807) is 0 Å². The van der Waals surface area contributed by atoms with Gasteiger partial charge in [0.1, 0.15) is 10.0 Å². The number of nitrogens with zero attached hydrogens (tertiary/aromatic N) is 3. The number of hydrogen-bond donors (Lipinski definition) is 0. The molecule has 1 aromatic rings. The van der Waals surface area contributed by atoms with Gasteiger partial charge in [0, 0.05) is 42.7 Å². The molecule has 72 valence electrons. The topological polar surface area (TPSA) is 29.0 Å². The van der Waals surface area contributed by atoms with Crippen molar-refractivity contribution in [2.45, 2.75) is 6.54 Å². The van der Waals surface area contributed by atoms with E-state index in [1.165, 1.54) is 23.0 Å². The first kappa shape index (κ1) is 9.71. The molecule has 6 heteroatoms. The third-order valence-electron chi connectivity index (χ3n) is 1.99. The maximum atomic E-state index is 5.92. The molecular formula is C7H10ClN3S2. The summed E-state index contributed by atoms with van der Waals surface area (Å²) in [6, 6.07) is 0. The first-order valence-corrected chi connectivity index (χ1v) is 6.43. The maximum Gasteiger partial charge on any atom is 0.138 e. The van der Waals surface area contributed by atoms with E-state index >= 15 is 0 Å². The fraction of sp³-hybridized carbons (Fsp3) is 0.714. The molecule has 1 aliphatic rings. The molecule has 0 saturated carbocycles. The molecule has 1 aromatic heterocycles. The molecule has 0 aliphatic carbocycles. The molecule has 1 aliphatic heterocycles. The van der Waals surface area contributed by atoms with Gasteiger partial charge in [0.15, 0.2) is 0 Å². The lowest BCUT2D eigenvalue weighted by molar-refractivity contribution is 0.291. The second-order valence-electron chi connectivity index (χ2n) is 2.88. The van der Waals surface area contributed by atoms with Gasteiger partial charge in [0.25, 0.3) is 0 Å². The fourth-order valence-corrected chi connectivity index (χ4v) is 2.85. The number of hydrogen-bond acceptors (Lipinski definition) is 5. The van der Waals surface area contributed by atoms with Crippen molar-refractivity contribution < 1.29 is 0 Å². The van der Waals surface area contributed by atoms with Crippen molar-refractivity contribution >= 4 is 34.9 Å². The van der Waals surface area contributed by atoms with Crippen molar-refractivity contribution in [1.82, 2.24) is 14.5 Å². The molecule has 0 amide bonds. The van der Waals surface area contributed by atoms with Crippen LogP contribution in [0.4, 0.5) is 0 Å². The van der Waals surface area contributed by atoms with Crippen molar-refractivity contribution in [3.63, 3.8) is 0 Å². The molecule has 1 fully saturated rings. The molecule has 0 bridgehead atoms. The molecule has 0 atom stereocenters. The van der Waals surface area contributed by atoms with Gasteiger partial charge in [0.05, 0.1) is 0 Å². The summed E-state index contributed by atoms with van der Waals surface area (Å²) in [4.78, 5) is 2.37. The molecule has 0 unspecified atom stereocenters. The van der Waals surface area contributed by atoms with Gasteiger partial charge >= 0.3 is 0 Å². The van der Waals surface area contributed by atoms with Gasteiger partial charge in [-0.15, -0.1) is 5.10 Å². The smallest absolute Gasteiger partial charge is 0.138 e. The maximum absolute atomic E-state index is 5.92. The van der Waals surface area contributed by atoms with Gasteiger partial charge in [-0.1, -0.05) is 16.1 Å². The SMILES string of the molecule is Clc1snnc1CN1CCSCC1. The highest BCUT2D eigenvalue weighted by Crippen LogP contribution is 2.20. The van der Waals surface area contributed by atoms with E-state index < -0.39 is 0 Å². The molecule has 2 rings (SSSR count). The van der Waals surface area contributed by atoms with Crippen LogP contribution < -0.4 is 0 Å².